The van der Waals surface area contributed by atoms with Crippen molar-refractivity contribution in [2.75, 3.05) is 4.90 Å². The molecule has 2 bridgehead atoms. The SMILES string of the molecule is O=C(N/N=C\C12c3ccccc3C(c3ccccc31)[C@H]1C(=O)N(c3ccc(Br)cc3)C(=O)[C@@H]12)c1ccco1. The number of hydrazone groups is 1. The van der Waals surface area contributed by atoms with Crippen LogP contribution >= 0.6 is 15.9 Å². The van der Waals surface area contributed by atoms with E-state index >= 15 is 0 Å². The molecule has 4 aliphatic rings. The quantitative estimate of drug-likeness (QED) is 0.214. The zero-order chi connectivity index (χ0) is 26.0. The van der Waals surface area contributed by atoms with Gasteiger partial charge < -0.3 is 4.42 Å². The first kappa shape index (κ1) is 22.9. The summed E-state index contributed by atoms with van der Waals surface area (Å²) in [7, 11) is 0. The molecule has 7 nitrogen and oxygen atoms in total. The number of imide groups is 1. The Labute approximate surface area is 226 Å². The minimum absolute atomic E-state index is 0.124. The van der Waals surface area contributed by atoms with Crippen LogP contribution in [0.3, 0.4) is 0 Å². The molecule has 0 spiro atoms. The normalized spacial score (nSPS) is 24.9. The summed E-state index contributed by atoms with van der Waals surface area (Å²) in [5.74, 6) is -2.48. The Morgan fingerprint density at radius 3 is 2.18 bits per heavy atom. The van der Waals surface area contributed by atoms with E-state index in [0.717, 1.165) is 26.7 Å². The van der Waals surface area contributed by atoms with E-state index in [0.29, 0.717) is 5.69 Å². The van der Waals surface area contributed by atoms with E-state index in [-0.39, 0.29) is 23.5 Å². The molecule has 1 fully saturated rings. The smallest absolute Gasteiger partial charge is 0.307 e. The highest BCUT2D eigenvalue weighted by Gasteiger charge is 2.68. The molecule has 3 aromatic carbocycles. The lowest BCUT2D eigenvalue weighted by Gasteiger charge is -2.52. The maximum absolute atomic E-state index is 14.3. The van der Waals surface area contributed by atoms with Crippen molar-refractivity contribution in [1.82, 2.24) is 5.43 Å². The van der Waals surface area contributed by atoms with Gasteiger partial charge in [0.1, 0.15) is 0 Å². The molecule has 4 aromatic rings. The van der Waals surface area contributed by atoms with Crippen molar-refractivity contribution >= 4 is 45.6 Å². The van der Waals surface area contributed by atoms with Gasteiger partial charge in [0, 0.05) is 16.6 Å². The average Bonchev–Trinajstić information content (AvgIpc) is 3.57. The van der Waals surface area contributed by atoms with Crippen LogP contribution in [-0.2, 0) is 15.0 Å². The van der Waals surface area contributed by atoms with Crippen molar-refractivity contribution in [3.63, 3.8) is 0 Å². The Kier molecular flexibility index (Phi) is 5.03. The molecule has 0 radical (unpaired) electrons. The van der Waals surface area contributed by atoms with Crippen LogP contribution in [-0.4, -0.2) is 23.9 Å². The molecule has 186 valence electrons. The van der Waals surface area contributed by atoms with Crippen LogP contribution in [0.25, 0.3) is 0 Å². The van der Waals surface area contributed by atoms with E-state index in [1.54, 1.807) is 30.5 Å². The van der Waals surface area contributed by atoms with Crippen LogP contribution in [0.1, 0.15) is 38.7 Å². The topological polar surface area (TPSA) is 92.0 Å². The summed E-state index contributed by atoms with van der Waals surface area (Å²) < 4.78 is 6.04. The second-order valence-electron chi connectivity index (χ2n) is 9.69. The van der Waals surface area contributed by atoms with Crippen LogP contribution in [0.2, 0.25) is 0 Å². The van der Waals surface area contributed by atoms with E-state index in [2.05, 4.69) is 26.5 Å². The van der Waals surface area contributed by atoms with Crippen LogP contribution in [0, 0.1) is 11.8 Å². The van der Waals surface area contributed by atoms with Gasteiger partial charge in [0.05, 0.1) is 29.2 Å². The number of halogens is 1. The number of hydrogen-bond donors (Lipinski definition) is 1. The molecule has 1 saturated heterocycles. The molecular weight excluding hydrogens is 546 g/mol. The van der Waals surface area contributed by atoms with Crippen molar-refractivity contribution < 1.29 is 18.8 Å². The lowest BCUT2D eigenvalue weighted by atomic mass is 9.47. The number of anilines is 1. The van der Waals surface area contributed by atoms with Crippen molar-refractivity contribution in [2.24, 2.45) is 16.9 Å². The molecule has 38 heavy (non-hydrogen) atoms. The average molecular weight is 566 g/mol. The maximum atomic E-state index is 14.3. The number of carbonyl (C=O) groups excluding carboxylic acids is 3. The molecule has 0 saturated carbocycles. The summed E-state index contributed by atoms with van der Waals surface area (Å²) in [6.45, 7) is 0. The Balaban J connectivity index is 1.43. The number of nitrogens with one attached hydrogen (secondary N) is 1. The number of amides is 3. The third kappa shape index (κ3) is 3.01. The highest BCUT2D eigenvalue weighted by atomic mass is 79.9. The van der Waals surface area contributed by atoms with Gasteiger partial charge in [0.15, 0.2) is 5.76 Å². The molecule has 1 aromatic heterocycles. The third-order valence-corrected chi connectivity index (χ3v) is 8.48. The fraction of sp³-hybridized carbons (Fsp3) is 0.133. The van der Waals surface area contributed by atoms with Crippen LogP contribution in [0.15, 0.2) is 105 Å². The first-order valence-corrected chi connectivity index (χ1v) is 13.0. The number of rotatable bonds is 4. The fourth-order valence-electron chi connectivity index (χ4n) is 6.55. The van der Waals surface area contributed by atoms with E-state index < -0.39 is 23.2 Å². The molecule has 2 heterocycles. The summed E-state index contributed by atoms with van der Waals surface area (Å²) in [6, 6.07) is 26.1. The molecule has 1 aliphatic heterocycles. The summed E-state index contributed by atoms with van der Waals surface area (Å²) in [5.41, 5.74) is 5.85. The standard InChI is InChI=1S/C30H20BrN3O4/c31-17-11-13-18(14-12-17)34-28(36)25-24-19-6-1-3-8-21(19)30(26(25)29(34)37,22-9-4-2-7-20(22)24)16-32-33-27(35)23-10-5-15-38-23/h1-16,24-26H,(H,33,35)/b32-16-/t24?,25-,26-,30?/m1/s1. The van der Waals surface area contributed by atoms with Gasteiger partial charge in [-0.1, -0.05) is 64.5 Å². The zero-order valence-electron chi connectivity index (χ0n) is 19.9. The number of hydrogen-bond acceptors (Lipinski definition) is 5. The van der Waals surface area contributed by atoms with E-state index in [4.69, 9.17) is 4.42 Å². The molecule has 3 amide bonds. The molecule has 3 aliphatic carbocycles. The van der Waals surface area contributed by atoms with E-state index in [1.807, 2.05) is 60.7 Å². The number of benzene rings is 3. The largest absolute Gasteiger partial charge is 0.459 e. The van der Waals surface area contributed by atoms with Gasteiger partial charge in [-0.3, -0.25) is 14.4 Å². The highest BCUT2D eigenvalue weighted by molar-refractivity contribution is 9.10. The molecule has 8 heteroatoms. The van der Waals surface area contributed by atoms with Gasteiger partial charge in [-0.25, -0.2) is 10.3 Å². The molecule has 2 atom stereocenters. The number of furan rings is 1. The Bertz CT molecular complexity index is 1600. The van der Waals surface area contributed by atoms with Gasteiger partial charge in [-0.2, -0.15) is 5.10 Å². The zero-order valence-corrected chi connectivity index (χ0v) is 21.5. The van der Waals surface area contributed by atoms with Gasteiger partial charge in [0.2, 0.25) is 11.8 Å². The van der Waals surface area contributed by atoms with Crippen molar-refractivity contribution in [2.45, 2.75) is 11.3 Å². The molecule has 1 N–H and O–H groups in total. The van der Waals surface area contributed by atoms with Crippen LogP contribution in [0.4, 0.5) is 5.69 Å². The van der Waals surface area contributed by atoms with E-state index in [1.165, 1.54) is 11.2 Å². The Hall–Kier alpha value is -4.30. The van der Waals surface area contributed by atoms with E-state index in [9.17, 15) is 14.4 Å². The van der Waals surface area contributed by atoms with Crippen molar-refractivity contribution in [3.05, 3.63) is 124 Å². The number of carbonyl (C=O) groups is 3. The first-order chi connectivity index (χ1) is 18.5. The van der Waals surface area contributed by atoms with Gasteiger partial charge in [0.25, 0.3) is 0 Å². The third-order valence-electron chi connectivity index (χ3n) is 7.95. The van der Waals surface area contributed by atoms with Crippen LogP contribution < -0.4 is 10.3 Å². The minimum Gasteiger partial charge on any atom is -0.459 e. The second kappa shape index (κ2) is 8.36. The fourth-order valence-corrected chi connectivity index (χ4v) is 6.81. The summed E-state index contributed by atoms with van der Waals surface area (Å²) in [4.78, 5) is 42.3. The monoisotopic (exact) mass is 565 g/mol. The predicted octanol–water partition coefficient (Wildman–Crippen LogP) is 5.01. The first-order valence-electron chi connectivity index (χ1n) is 12.2. The lowest BCUT2D eigenvalue weighted by molar-refractivity contribution is -0.122. The second-order valence-corrected chi connectivity index (χ2v) is 10.6. The van der Waals surface area contributed by atoms with Gasteiger partial charge in [-0.05, 0) is 58.7 Å². The van der Waals surface area contributed by atoms with Crippen LogP contribution in [0.5, 0.6) is 0 Å². The maximum Gasteiger partial charge on any atom is 0.307 e. The molecule has 0 unspecified atom stereocenters. The van der Waals surface area contributed by atoms with Crippen molar-refractivity contribution in [1.29, 1.82) is 0 Å². The Morgan fingerprint density at radius 1 is 0.895 bits per heavy atom. The lowest BCUT2D eigenvalue weighted by Crippen LogP contribution is -2.54. The summed E-state index contributed by atoms with van der Waals surface area (Å²) in [6.07, 6.45) is 3.05. The minimum atomic E-state index is -1.06. The predicted molar refractivity (Wildman–Crippen MR) is 144 cm³/mol. The van der Waals surface area contributed by atoms with Gasteiger partial charge in [-0.15, -0.1) is 0 Å². The van der Waals surface area contributed by atoms with Gasteiger partial charge >= 0.3 is 5.91 Å². The summed E-state index contributed by atoms with van der Waals surface area (Å²) >= 11 is 3.43. The highest BCUT2D eigenvalue weighted by Crippen LogP contribution is 2.63. The summed E-state index contributed by atoms with van der Waals surface area (Å²) in [5, 5.41) is 4.37. The van der Waals surface area contributed by atoms with Crippen molar-refractivity contribution in [3.8, 4) is 0 Å². The molecule has 8 rings (SSSR count). The number of nitrogens with zero attached hydrogens (tertiary/aromatic N) is 2. The molecular formula is C30H20BrN3O4. The Morgan fingerprint density at radius 2 is 1.55 bits per heavy atom.